The van der Waals surface area contributed by atoms with Crippen molar-refractivity contribution < 1.29 is 23.8 Å². The van der Waals surface area contributed by atoms with Gasteiger partial charge in [0.15, 0.2) is 0 Å². The second-order valence-corrected chi connectivity index (χ2v) is 6.62. The van der Waals surface area contributed by atoms with Gasteiger partial charge in [-0.3, -0.25) is 9.69 Å². The second-order valence-electron chi connectivity index (χ2n) is 6.62. The lowest BCUT2D eigenvalue weighted by Gasteiger charge is -2.40. The largest absolute Gasteiger partial charge is 0.496 e. The molecule has 1 aliphatic rings. The molecule has 2 aromatic rings. The van der Waals surface area contributed by atoms with Crippen molar-refractivity contribution in [2.75, 3.05) is 20.8 Å². The molecule has 0 aromatic heterocycles. The molecule has 3 rings (SSSR count). The number of ether oxygens (including phenoxy) is 2. The van der Waals surface area contributed by atoms with E-state index in [-0.39, 0.29) is 0 Å². The molecule has 1 N–H and O–H groups in total. The predicted molar refractivity (Wildman–Crippen MR) is 99.8 cm³/mol. The minimum atomic E-state index is -0.870. The lowest BCUT2D eigenvalue weighted by molar-refractivity contribution is -0.145. The molecular weight excluding hydrogens is 349 g/mol. The van der Waals surface area contributed by atoms with Crippen molar-refractivity contribution in [2.24, 2.45) is 0 Å². The molecule has 1 heterocycles. The van der Waals surface area contributed by atoms with Crippen LogP contribution in [-0.4, -0.2) is 42.8 Å². The summed E-state index contributed by atoms with van der Waals surface area (Å²) in [5.41, 5.74) is 1.38. The zero-order valence-electron chi connectivity index (χ0n) is 15.5. The van der Waals surface area contributed by atoms with Crippen molar-refractivity contribution >= 4 is 5.97 Å². The van der Waals surface area contributed by atoms with Crippen molar-refractivity contribution in [3.05, 3.63) is 59.4 Å². The SMILES string of the molecule is COc1ccccc1C(c1cc(F)ccc1OC)N1CCCCC1C(=O)O. The molecule has 1 saturated heterocycles. The van der Waals surface area contributed by atoms with Gasteiger partial charge in [-0.05, 0) is 43.7 Å². The van der Waals surface area contributed by atoms with Crippen molar-refractivity contribution in [3.8, 4) is 11.5 Å². The van der Waals surface area contributed by atoms with E-state index in [4.69, 9.17) is 9.47 Å². The van der Waals surface area contributed by atoms with Crippen molar-refractivity contribution in [3.63, 3.8) is 0 Å². The van der Waals surface area contributed by atoms with E-state index in [9.17, 15) is 14.3 Å². The first-order valence-corrected chi connectivity index (χ1v) is 9.01. The van der Waals surface area contributed by atoms with Gasteiger partial charge in [-0.25, -0.2) is 4.39 Å². The fourth-order valence-corrected chi connectivity index (χ4v) is 3.86. The van der Waals surface area contributed by atoms with E-state index in [0.29, 0.717) is 30.0 Å². The van der Waals surface area contributed by atoms with Crippen molar-refractivity contribution in [2.45, 2.75) is 31.3 Å². The third-order valence-corrected chi connectivity index (χ3v) is 5.08. The van der Waals surface area contributed by atoms with Crippen LogP contribution >= 0.6 is 0 Å². The molecule has 0 spiro atoms. The lowest BCUT2D eigenvalue weighted by Crippen LogP contribution is -2.47. The number of carboxylic acids is 1. The maximum Gasteiger partial charge on any atom is 0.320 e. The summed E-state index contributed by atoms with van der Waals surface area (Å²) < 4.78 is 25.2. The lowest BCUT2D eigenvalue weighted by atomic mass is 9.90. The molecule has 0 aliphatic carbocycles. The summed E-state index contributed by atoms with van der Waals surface area (Å²) in [5.74, 6) is -0.120. The van der Waals surface area contributed by atoms with Gasteiger partial charge in [0.25, 0.3) is 0 Å². The van der Waals surface area contributed by atoms with Crippen LogP contribution in [0.5, 0.6) is 11.5 Å². The Morgan fingerprint density at radius 3 is 2.52 bits per heavy atom. The molecule has 5 nitrogen and oxygen atoms in total. The quantitative estimate of drug-likeness (QED) is 0.833. The van der Waals surface area contributed by atoms with Crippen molar-refractivity contribution in [1.29, 1.82) is 0 Å². The van der Waals surface area contributed by atoms with Crippen LogP contribution in [0, 0.1) is 5.82 Å². The number of nitrogens with zero attached hydrogens (tertiary/aromatic N) is 1. The van der Waals surface area contributed by atoms with Crippen LogP contribution in [0.25, 0.3) is 0 Å². The van der Waals surface area contributed by atoms with Crippen molar-refractivity contribution in [1.82, 2.24) is 4.90 Å². The Labute approximate surface area is 158 Å². The van der Waals surface area contributed by atoms with Gasteiger partial charge in [-0.2, -0.15) is 0 Å². The standard InChI is InChI=1S/C21H24FNO4/c1-26-18-9-4-3-7-15(18)20(16-13-14(22)10-11-19(16)27-2)23-12-6-5-8-17(23)21(24)25/h3-4,7,9-11,13,17,20H,5-6,8,12H2,1-2H3,(H,24,25). The molecule has 2 atom stereocenters. The van der Waals surface area contributed by atoms with Gasteiger partial charge < -0.3 is 14.6 Å². The van der Waals surface area contributed by atoms with E-state index >= 15 is 0 Å². The number of hydrogen-bond donors (Lipinski definition) is 1. The number of aliphatic carboxylic acids is 1. The minimum Gasteiger partial charge on any atom is -0.496 e. The van der Waals surface area contributed by atoms with Gasteiger partial charge in [0.05, 0.1) is 20.3 Å². The summed E-state index contributed by atoms with van der Waals surface area (Å²) in [4.78, 5) is 13.8. The molecular formula is C21H24FNO4. The summed E-state index contributed by atoms with van der Waals surface area (Å²) >= 11 is 0. The predicted octanol–water partition coefficient (Wildman–Crippen LogP) is 3.87. The highest BCUT2D eigenvalue weighted by Crippen LogP contribution is 2.41. The Bertz CT molecular complexity index is 811. The fourth-order valence-electron chi connectivity index (χ4n) is 3.86. The number of methoxy groups -OCH3 is 2. The maximum atomic E-state index is 14.1. The van der Waals surface area contributed by atoms with Crippen LogP contribution in [0.15, 0.2) is 42.5 Å². The molecule has 1 aliphatic heterocycles. The molecule has 2 aromatic carbocycles. The average Bonchev–Trinajstić information content (AvgIpc) is 2.69. The van der Waals surface area contributed by atoms with E-state index in [2.05, 4.69) is 0 Å². The Morgan fingerprint density at radius 2 is 1.81 bits per heavy atom. The highest BCUT2D eigenvalue weighted by Gasteiger charge is 2.37. The van der Waals surface area contributed by atoms with E-state index in [1.54, 1.807) is 13.2 Å². The summed E-state index contributed by atoms with van der Waals surface area (Å²) in [5, 5.41) is 9.78. The van der Waals surface area contributed by atoms with Crippen LogP contribution in [0.4, 0.5) is 4.39 Å². The number of hydrogen-bond acceptors (Lipinski definition) is 4. The molecule has 27 heavy (non-hydrogen) atoms. The fraction of sp³-hybridized carbons (Fsp3) is 0.381. The first-order valence-electron chi connectivity index (χ1n) is 9.01. The highest BCUT2D eigenvalue weighted by molar-refractivity contribution is 5.74. The molecule has 0 saturated carbocycles. The third-order valence-electron chi connectivity index (χ3n) is 5.08. The smallest absolute Gasteiger partial charge is 0.320 e. The first kappa shape index (κ1) is 19.2. The molecule has 0 radical (unpaired) electrons. The number of carboxylic acid groups (broad SMARTS) is 1. The van der Waals surface area contributed by atoms with Gasteiger partial charge in [0.1, 0.15) is 23.4 Å². The van der Waals surface area contributed by atoms with Crippen LogP contribution < -0.4 is 9.47 Å². The summed E-state index contributed by atoms with van der Waals surface area (Å²) in [6.07, 6.45) is 2.29. The van der Waals surface area contributed by atoms with E-state index in [1.807, 2.05) is 29.2 Å². The number of rotatable bonds is 6. The normalized spacial score (nSPS) is 18.7. The van der Waals surface area contributed by atoms with E-state index in [0.717, 1.165) is 18.4 Å². The molecule has 144 valence electrons. The van der Waals surface area contributed by atoms with Gasteiger partial charge in [-0.15, -0.1) is 0 Å². The average molecular weight is 373 g/mol. The number of benzene rings is 2. The zero-order chi connectivity index (χ0) is 19.4. The van der Waals surface area contributed by atoms with Gasteiger partial charge in [-0.1, -0.05) is 24.6 Å². The maximum absolute atomic E-state index is 14.1. The Kier molecular flexibility index (Phi) is 5.96. The minimum absolute atomic E-state index is 0.394. The number of para-hydroxylation sites is 1. The Morgan fingerprint density at radius 1 is 1.11 bits per heavy atom. The first-order chi connectivity index (χ1) is 13.1. The van der Waals surface area contributed by atoms with Crippen LogP contribution in [0.3, 0.4) is 0 Å². The molecule has 1 fully saturated rings. The number of carbonyl (C=O) groups is 1. The van der Waals surface area contributed by atoms with Crippen LogP contribution in [0.1, 0.15) is 36.4 Å². The molecule has 6 heteroatoms. The van der Waals surface area contributed by atoms with Gasteiger partial charge in [0, 0.05) is 11.1 Å². The highest BCUT2D eigenvalue weighted by atomic mass is 19.1. The zero-order valence-corrected chi connectivity index (χ0v) is 15.5. The monoisotopic (exact) mass is 373 g/mol. The number of halogens is 1. The Hall–Kier alpha value is -2.60. The summed E-state index contributed by atoms with van der Waals surface area (Å²) in [6, 6.07) is 10.6. The Balaban J connectivity index is 2.21. The molecule has 2 unspecified atom stereocenters. The van der Waals surface area contributed by atoms with E-state index in [1.165, 1.54) is 19.2 Å². The van der Waals surface area contributed by atoms with Gasteiger partial charge in [0.2, 0.25) is 0 Å². The number of likely N-dealkylation sites (tertiary alicyclic amines) is 1. The van der Waals surface area contributed by atoms with E-state index < -0.39 is 23.9 Å². The summed E-state index contributed by atoms with van der Waals surface area (Å²) in [7, 11) is 3.10. The van der Waals surface area contributed by atoms with Gasteiger partial charge >= 0.3 is 5.97 Å². The topological polar surface area (TPSA) is 59.0 Å². The second kappa shape index (κ2) is 8.39. The van der Waals surface area contributed by atoms with Crippen LogP contribution in [-0.2, 0) is 4.79 Å². The third kappa shape index (κ3) is 3.90. The summed E-state index contributed by atoms with van der Waals surface area (Å²) in [6.45, 7) is 0.597. The number of piperidine rings is 1. The molecule has 0 amide bonds. The van der Waals surface area contributed by atoms with Crippen LogP contribution in [0.2, 0.25) is 0 Å². The molecule has 0 bridgehead atoms.